The van der Waals surface area contributed by atoms with Gasteiger partial charge in [-0.15, -0.1) is 0 Å². The Hall–Kier alpha value is -1.39. The number of esters is 1. The molecule has 4 heteroatoms. The summed E-state index contributed by atoms with van der Waals surface area (Å²) in [5.41, 5.74) is 1.08. The number of carbonyl (C=O) groups is 1. The summed E-state index contributed by atoms with van der Waals surface area (Å²) in [4.78, 5) is 11.1. The second kappa shape index (κ2) is 6.98. The van der Waals surface area contributed by atoms with Crippen LogP contribution >= 0.6 is 0 Å². The fraction of sp³-hybridized carbons (Fsp3) is 0.417. The molecule has 0 saturated heterocycles. The molecule has 0 aromatic heterocycles. The van der Waals surface area contributed by atoms with Gasteiger partial charge < -0.3 is 9.47 Å². The highest BCUT2D eigenvalue weighted by Crippen LogP contribution is 2.04. The maximum absolute atomic E-state index is 11.1. The van der Waals surface area contributed by atoms with Crippen molar-refractivity contribution < 1.29 is 14.3 Å². The van der Waals surface area contributed by atoms with Gasteiger partial charge in [-0.2, -0.15) is 0 Å². The molecule has 0 aliphatic carbocycles. The van der Waals surface area contributed by atoms with E-state index >= 15 is 0 Å². The zero-order chi connectivity index (χ0) is 11.8. The van der Waals surface area contributed by atoms with Gasteiger partial charge in [-0.3, -0.25) is 10.1 Å². The van der Waals surface area contributed by atoms with E-state index in [-0.39, 0.29) is 18.6 Å². The predicted molar refractivity (Wildman–Crippen MR) is 60.7 cm³/mol. The maximum Gasteiger partial charge on any atom is 0.309 e. The molecule has 1 aromatic carbocycles. The van der Waals surface area contributed by atoms with Crippen molar-refractivity contribution in [3.8, 4) is 0 Å². The number of rotatable bonds is 6. The van der Waals surface area contributed by atoms with Gasteiger partial charge in [-0.25, -0.2) is 0 Å². The third-order valence-electron chi connectivity index (χ3n) is 2.20. The molecule has 1 unspecified atom stereocenters. The quantitative estimate of drug-likeness (QED) is 0.583. The summed E-state index contributed by atoms with van der Waals surface area (Å²) >= 11 is 0. The Bertz CT molecular complexity index is 313. The van der Waals surface area contributed by atoms with Crippen LogP contribution in [0.2, 0.25) is 0 Å². The Morgan fingerprint density at radius 1 is 1.38 bits per heavy atom. The molecule has 1 rings (SSSR count). The average Bonchev–Trinajstić information content (AvgIpc) is 2.35. The van der Waals surface area contributed by atoms with E-state index in [9.17, 15) is 4.79 Å². The van der Waals surface area contributed by atoms with E-state index in [4.69, 9.17) is 4.74 Å². The Morgan fingerprint density at radius 2 is 2.06 bits per heavy atom. The molecule has 1 atom stereocenters. The molecule has 88 valence electrons. The summed E-state index contributed by atoms with van der Waals surface area (Å²) < 4.78 is 10.1. The molecule has 16 heavy (non-hydrogen) atoms. The summed E-state index contributed by atoms with van der Waals surface area (Å²) in [7, 11) is 3.12. The predicted octanol–water partition coefficient (Wildman–Crippen LogP) is 1.31. The van der Waals surface area contributed by atoms with E-state index in [2.05, 4.69) is 10.1 Å². The normalized spacial score (nSPS) is 12.1. The van der Waals surface area contributed by atoms with Crippen LogP contribution < -0.4 is 5.32 Å². The van der Waals surface area contributed by atoms with Crippen LogP contribution in [0.15, 0.2) is 30.3 Å². The van der Waals surface area contributed by atoms with Crippen molar-refractivity contribution in [1.29, 1.82) is 0 Å². The summed E-state index contributed by atoms with van der Waals surface area (Å²) in [6.45, 7) is 0.476. The number of benzene rings is 1. The number of methoxy groups -OCH3 is 1. The zero-order valence-corrected chi connectivity index (χ0v) is 9.60. The average molecular weight is 223 g/mol. The fourth-order valence-corrected chi connectivity index (χ4v) is 1.25. The van der Waals surface area contributed by atoms with Crippen molar-refractivity contribution in [3.05, 3.63) is 35.9 Å². The summed E-state index contributed by atoms with van der Waals surface area (Å²) in [6.07, 6.45) is -0.104. The Balaban J connectivity index is 2.37. The molecule has 1 N–H and O–H groups in total. The largest absolute Gasteiger partial charge is 0.469 e. The first-order valence-corrected chi connectivity index (χ1v) is 5.16. The third-order valence-corrected chi connectivity index (χ3v) is 2.20. The topological polar surface area (TPSA) is 47.6 Å². The van der Waals surface area contributed by atoms with Crippen molar-refractivity contribution in [1.82, 2.24) is 5.32 Å². The van der Waals surface area contributed by atoms with Gasteiger partial charge >= 0.3 is 5.97 Å². The Kier molecular flexibility index (Phi) is 5.53. The highest BCUT2D eigenvalue weighted by atomic mass is 16.5. The second-order valence-corrected chi connectivity index (χ2v) is 3.35. The van der Waals surface area contributed by atoms with Crippen LogP contribution in [0.1, 0.15) is 12.0 Å². The van der Waals surface area contributed by atoms with Crippen molar-refractivity contribution in [2.75, 3.05) is 14.2 Å². The maximum atomic E-state index is 11.1. The van der Waals surface area contributed by atoms with E-state index in [0.717, 1.165) is 5.56 Å². The molecule has 4 nitrogen and oxygen atoms in total. The number of hydrogen-bond acceptors (Lipinski definition) is 4. The third kappa shape index (κ3) is 4.42. The monoisotopic (exact) mass is 223 g/mol. The minimum atomic E-state index is -0.312. The molecule has 0 saturated carbocycles. The standard InChI is InChI=1S/C12H17NO3/c1-13-11(8-12(14)15-2)16-9-10-6-4-3-5-7-10/h3-7,11,13H,8-9H2,1-2H3. The van der Waals surface area contributed by atoms with E-state index in [1.54, 1.807) is 7.05 Å². The van der Waals surface area contributed by atoms with Crippen molar-refractivity contribution in [3.63, 3.8) is 0 Å². The molecule has 1 aromatic rings. The van der Waals surface area contributed by atoms with Gasteiger partial charge in [0.1, 0.15) is 6.23 Å². The first kappa shape index (κ1) is 12.7. The van der Waals surface area contributed by atoms with Crippen molar-refractivity contribution >= 4 is 5.97 Å². The van der Waals surface area contributed by atoms with Crippen LogP contribution in [0.5, 0.6) is 0 Å². The minimum Gasteiger partial charge on any atom is -0.469 e. The number of nitrogens with one attached hydrogen (secondary N) is 1. The summed E-state index contributed by atoms with van der Waals surface area (Å²) in [5.74, 6) is -0.285. The van der Waals surface area contributed by atoms with Gasteiger partial charge in [0.05, 0.1) is 20.1 Å². The van der Waals surface area contributed by atoms with Gasteiger partial charge in [0.2, 0.25) is 0 Å². The zero-order valence-electron chi connectivity index (χ0n) is 9.60. The first-order valence-electron chi connectivity index (χ1n) is 5.16. The van der Waals surface area contributed by atoms with Gasteiger partial charge in [0.25, 0.3) is 0 Å². The number of hydrogen-bond donors (Lipinski definition) is 1. The lowest BCUT2D eigenvalue weighted by molar-refractivity contribution is -0.144. The second-order valence-electron chi connectivity index (χ2n) is 3.35. The molecule has 0 aliphatic heterocycles. The Morgan fingerprint density at radius 3 is 2.62 bits per heavy atom. The molecular formula is C12H17NO3. The van der Waals surface area contributed by atoms with Gasteiger partial charge in [-0.05, 0) is 12.6 Å². The summed E-state index contributed by atoms with van der Waals surface area (Å²) in [5, 5.41) is 2.91. The summed E-state index contributed by atoms with van der Waals surface area (Å²) in [6, 6.07) is 9.81. The van der Waals surface area contributed by atoms with Crippen LogP contribution in [0.4, 0.5) is 0 Å². The highest BCUT2D eigenvalue weighted by molar-refractivity contribution is 5.69. The fourth-order valence-electron chi connectivity index (χ4n) is 1.25. The molecule has 0 amide bonds. The van der Waals surface area contributed by atoms with E-state index in [1.165, 1.54) is 7.11 Å². The number of carbonyl (C=O) groups excluding carboxylic acids is 1. The van der Waals surface area contributed by atoms with Crippen LogP contribution in [-0.2, 0) is 20.9 Å². The smallest absolute Gasteiger partial charge is 0.309 e. The van der Waals surface area contributed by atoms with Crippen LogP contribution in [0.3, 0.4) is 0 Å². The van der Waals surface area contributed by atoms with Crippen LogP contribution in [0.25, 0.3) is 0 Å². The highest BCUT2D eigenvalue weighted by Gasteiger charge is 2.12. The van der Waals surface area contributed by atoms with Crippen LogP contribution in [-0.4, -0.2) is 26.4 Å². The molecule has 0 radical (unpaired) electrons. The first-order chi connectivity index (χ1) is 7.76. The lowest BCUT2D eigenvalue weighted by Gasteiger charge is -2.15. The molecule has 0 heterocycles. The van der Waals surface area contributed by atoms with Gasteiger partial charge in [-0.1, -0.05) is 30.3 Å². The SMILES string of the molecule is CNC(CC(=O)OC)OCc1ccccc1. The number of ether oxygens (including phenoxy) is 2. The van der Waals surface area contributed by atoms with E-state index < -0.39 is 0 Å². The molecule has 0 aliphatic rings. The molecule has 0 fully saturated rings. The van der Waals surface area contributed by atoms with Crippen molar-refractivity contribution in [2.45, 2.75) is 19.3 Å². The molecule has 0 spiro atoms. The lowest BCUT2D eigenvalue weighted by Crippen LogP contribution is -2.31. The Labute approximate surface area is 95.6 Å². The van der Waals surface area contributed by atoms with Crippen molar-refractivity contribution in [2.24, 2.45) is 0 Å². The van der Waals surface area contributed by atoms with E-state index in [1.807, 2.05) is 30.3 Å². The molecule has 0 bridgehead atoms. The van der Waals surface area contributed by atoms with Gasteiger partial charge in [0.15, 0.2) is 0 Å². The molecular weight excluding hydrogens is 206 g/mol. The van der Waals surface area contributed by atoms with E-state index in [0.29, 0.717) is 6.61 Å². The lowest BCUT2D eigenvalue weighted by atomic mass is 10.2. The van der Waals surface area contributed by atoms with Gasteiger partial charge in [0, 0.05) is 0 Å². The minimum absolute atomic E-state index is 0.208. The van der Waals surface area contributed by atoms with Crippen LogP contribution in [0, 0.1) is 0 Å².